The number of fused-ring (bicyclic) bond motifs is 12. The molecule has 0 atom stereocenters. The van der Waals surface area contributed by atoms with Gasteiger partial charge in [-0.3, -0.25) is 0 Å². The van der Waals surface area contributed by atoms with E-state index in [1.807, 2.05) is 0 Å². The molecule has 0 aromatic heterocycles. The van der Waals surface area contributed by atoms with Gasteiger partial charge in [0.25, 0.3) is 0 Å². The van der Waals surface area contributed by atoms with E-state index in [9.17, 15) is 0 Å². The minimum Gasteiger partial charge on any atom is -0.0622 e. The van der Waals surface area contributed by atoms with Crippen LogP contribution in [0.25, 0.3) is 109 Å². The molecule has 13 aromatic carbocycles. The van der Waals surface area contributed by atoms with Gasteiger partial charge in [0.15, 0.2) is 0 Å². The maximum Gasteiger partial charge on any atom is 0.0720 e. The third kappa shape index (κ3) is 5.48. The molecule has 0 bridgehead atoms. The zero-order chi connectivity index (χ0) is 44.1. The van der Waals surface area contributed by atoms with E-state index in [1.54, 1.807) is 0 Å². The van der Waals surface area contributed by atoms with Crippen LogP contribution in [-0.4, -0.2) is 0 Å². The van der Waals surface area contributed by atoms with Crippen molar-refractivity contribution in [3.8, 4) is 44.5 Å². The van der Waals surface area contributed by atoms with E-state index < -0.39 is 5.41 Å². The van der Waals surface area contributed by atoms with E-state index in [0.717, 1.165) is 0 Å². The van der Waals surface area contributed by atoms with Crippen LogP contribution in [0.5, 0.6) is 0 Å². The Labute approximate surface area is 389 Å². The highest BCUT2D eigenvalue weighted by molar-refractivity contribution is 6.24. The van der Waals surface area contributed by atoms with Gasteiger partial charge >= 0.3 is 0 Å². The molecule has 0 radical (unpaired) electrons. The van der Waals surface area contributed by atoms with Gasteiger partial charge in [-0.1, -0.05) is 237 Å². The molecule has 0 aliphatic heterocycles. The largest absolute Gasteiger partial charge is 0.0720 e. The van der Waals surface area contributed by atoms with Crippen molar-refractivity contribution in [1.29, 1.82) is 0 Å². The fourth-order valence-corrected chi connectivity index (χ4v) is 12.1. The first-order valence-electron chi connectivity index (χ1n) is 23.4. The van der Waals surface area contributed by atoms with Gasteiger partial charge in [0.2, 0.25) is 0 Å². The van der Waals surface area contributed by atoms with Gasteiger partial charge in [-0.25, -0.2) is 0 Å². The summed E-state index contributed by atoms with van der Waals surface area (Å²) in [5.41, 5.74) is 14.8. The van der Waals surface area contributed by atoms with Gasteiger partial charge in [0.05, 0.1) is 5.41 Å². The van der Waals surface area contributed by atoms with Crippen LogP contribution < -0.4 is 0 Å². The Morgan fingerprint density at radius 2 is 0.687 bits per heavy atom. The molecular weight excluding hydrogens is 805 g/mol. The molecule has 14 rings (SSSR count). The molecule has 0 saturated carbocycles. The van der Waals surface area contributed by atoms with Crippen molar-refractivity contribution >= 4 is 64.6 Å². The topological polar surface area (TPSA) is 0 Å². The molecule has 0 amide bonds. The molecule has 0 spiro atoms. The second-order valence-corrected chi connectivity index (χ2v) is 18.2. The van der Waals surface area contributed by atoms with E-state index >= 15 is 0 Å². The molecule has 0 unspecified atom stereocenters. The van der Waals surface area contributed by atoms with E-state index in [-0.39, 0.29) is 0 Å². The molecule has 67 heavy (non-hydrogen) atoms. The quantitative estimate of drug-likeness (QED) is 0.120. The SMILES string of the molecule is c1ccc(C2(c3ccccc3)c3cc4cc(-c5ccc(-c6c7ccccc7c(-c7cccc8ccccc78)c7ccccc67)cc5)ccc4cc3-c3c2c2ccccc2c2ccccc32)cc1. The van der Waals surface area contributed by atoms with E-state index in [2.05, 4.69) is 255 Å². The van der Waals surface area contributed by atoms with Crippen LogP contribution >= 0.6 is 0 Å². The Bertz CT molecular complexity index is 4020. The summed E-state index contributed by atoms with van der Waals surface area (Å²) in [5.74, 6) is 0. The summed E-state index contributed by atoms with van der Waals surface area (Å²) in [6.45, 7) is 0. The number of hydrogen-bond acceptors (Lipinski definition) is 0. The highest BCUT2D eigenvalue weighted by Crippen LogP contribution is 2.61. The molecule has 0 heteroatoms. The summed E-state index contributed by atoms with van der Waals surface area (Å²) < 4.78 is 0. The second kappa shape index (κ2) is 14.7. The molecule has 0 heterocycles. The molecule has 0 nitrogen and oxygen atoms in total. The zero-order valence-electron chi connectivity index (χ0n) is 36.7. The smallest absolute Gasteiger partial charge is 0.0622 e. The van der Waals surface area contributed by atoms with Crippen LogP contribution in [0.1, 0.15) is 22.3 Å². The molecule has 1 aliphatic carbocycles. The van der Waals surface area contributed by atoms with Crippen molar-refractivity contribution in [3.05, 3.63) is 277 Å². The zero-order valence-corrected chi connectivity index (χ0v) is 36.7. The molecule has 13 aromatic rings. The standard InChI is InChI=1S/C67H42/c1-3-20-49(21-4-1)67(50-22-5-2-6-23-50)62-42-48-40-46(38-39-47(48)41-61(62)65-55-27-11-9-25-52(55)53-26-10-16-32-60(53)66(65)67)43-34-36-45(37-35-43)63-56-28-12-14-30-58(56)64(59-31-15-13-29-57(59)63)54-33-17-19-44-18-7-8-24-51(44)54/h1-42H. The highest BCUT2D eigenvalue weighted by Gasteiger charge is 2.48. The third-order valence-electron chi connectivity index (χ3n) is 14.9. The Balaban J connectivity index is 0.959. The monoisotopic (exact) mass is 846 g/mol. The van der Waals surface area contributed by atoms with Gasteiger partial charge in [-0.15, -0.1) is 0 Å². The normalized spacial score (nSPS) is 12.9. The summed E-state index contributed by atoms with van der Waals surface area (Å²) >= 11 is 0. The summed E-state index contributed by atoms with van der Waals surface area (Å²) in [6.07, 6.45) is 0. The predicted octanol–water partition coefficient (Wildman–Crippen LogP) is 18.0. The van der Waals surface area contributed by atoms with Crippen molar-refractivity contribution < 1.29 is 0 Å². The van der Waals surface area contributed by atoms with E-state index in [1.165, 1.54) is 131 Å². The molecule has 310 valence electrons. The summed E-state index contributed by atoms with van der Waals surface area (Å²) in [4.78, 5) is 0. The molecule has 0 N–H and O–H groups in total. The van der Waals surface area contributed by atoms with Crippen LogP contribution in [0.15, 0.2) is 255 Å². The number of hydrogen-bond donors (Lipinski definition) is 0. The fraction of sp³-hybridized carbons (Fsp3) is 0.0149. The lowest BCUT2D eigenvalue weighted by atomic mass is 9.66. The first-order chi connectivity index (χ1) is 33.3. The molecule has 1 aliphatic rings. The van der Waals surface area contributed by atoms with Crippen molar-refractivity contribution in [2.75, 3.05) is 0 Å². The van der Waals surface area contributed by atoms with Crippen LogP contribution in [-0.2, 0) is 5.41 Å². The average molecular weight is 847 g/mol. The molecule has 0 saturated heterocycles. The van der Waals surface area contributed by atoms with Gasteiger partial charge in [0.1, 0.15) is 0 Å². The predicted molar refractivity (Wildman–Crippen MR) is 285 cm³/mol. The number of rotatable bonds is 5. The Hall–Kier alpha value is -8.58. The Kier molecular flexibility index (Phi) is 8.30. The minimum atomic E-state index is -0.544. The Morgan fingerprint density at radius 3 is 1.31 bits per heavy atom. The highest BCUT2D eigenvalue weighted by atomic mass is 14.5. The summed E-state index contributed by atoms with van der Waals surface area (Å²) in [5, 5.41) is 15.2. The average Bonchev–Trinajstić information content (AvgIpc) is 3.71. The second-order valence-electron chi connectivity index (χ2n) is 18.2. The first-order valence-corrected chi connectivity index (χ1v) is 23.4. The summed E-state index contributed by atoms with van der Waals surface area (Å²) in [7, 11) is 0. The van der Waals surface area contributed by atoms with Crippen molar-refractivity contribution in [2.24, 2.45) is 0 Å². The Morgan fingerprint density at radius 1 is 0.224 bits per heavy atom. The van der Waals surface area contributed by atoms with Crippen LogP contribution in [0, 0.1) is 0 Å². The van der Waals surface area contributed by atoms with Crippen molar-refractivity contribution in [2.45, 2.75) is 5.41 Å². The van der Waals surface area contributed by atoms with Crippen LogP contribution in [0.2, 0.25) is 0 Å². The lowest BCUT2D eigenvalue weighted by Crippen LogP contribution is -2.28. The van der Waals surface area contributed by atoms with Gasteiger partial charge in [-0.05, 0) is 150 Å². The minimum absolute atomic E-state index is 0.544. The van der Waals surface area contributed by atoms with Gasteiger partial charge in [-0.2, -0.15) is 0 Å². The van der Waals surface area contributed by atoms with Crippen LogP contribution in [0.3, 0.4) is 0 Å². The lowest BCUT2D eigenvalue weighted by Gasteiger charge is -2.35. The summed E-state index contributed by atoms with van der Waals surface area (Å²) in [6, 6.07) is 95.2. The fourth-order valence-electron chi connectivity index (χ4n) is 12.1. The first kappa shape index (κ1) is 37.8. The lowest BCUT2D eigenvalue weighted by molar-refractivity contribution is 0.777. The van der Waals surface area contributed by atoms with Gasteiger partial charge < -0.3 is 0 Å². The maximum atomic E-state index is 2.52. The third-order valence-corrected chi connectivity index (χ3v) is 14.9. The molecule has 0 fully saturated rings. The van der Waals surface area contributed by atoms with Gasteiger partial charge in [0, 0.05) is 0 Å². The molecular formula is C67H42. The van der Waals surface area contributed by atoms with Crippen molar-refractivity contribution in [1.82, 2.24) is 0 Å². The van der Waals surface area contributed by atoms with E-state index in [4.69, 9.17) is 0 Å². The van der Waals surface area contributed by atoms with Crippen molar-refractivity contribution in [3.63, 3.8) is 0 Å². The van der Waals surface area contributed by atoms with Crippen LogP contribution in [0.4, 0.5) is 0 Å². The number of benzene rings is 13. The van der Waals surface area contributed by atoms with E-state index in [0.29, 0.717) is 0 Å². The maximum absolute atomic E-state index is 2.52.